The lowest BCUT2D eigenvalue weighted by atomic mass is 9.72. The highest BCUT2D eigenvalue weighted by atomic mass is 16.5. The summed E-state index contributed by atoms with van der Waals surface area (Å²) in [5, 5.41) is 9.22. The summed E-state index contributed by atoms with van der Waals surface area (Å²) >= 11 is 0. The number of benzene rings is 1. The number of rotatable bonds is 3. The van der Waals surface area contributed by atoms with Crippen molar-refractivity contribution in [3.63, 3.8) is 0 Å². The third kappa shape index (κ3) is 4.96. The lowest BCUT2D eigenvalue weighted by Crippen LogP contribution is -2.30. The molecule has 1 fully saturated rings. The summed E-state index contributed by atoms with van der Waals surface area (Å²) in [5.41, 5.74) is 1.20. The summed E-state index contributed by atoms with van der Waals surface area (Å²) < 4.78 is 5.55. The smallest absolute Gasteiger partial charge is 0.349 e. The van der Waals surface area contributed by atoms with Gasteiger partial charge in [0.05, 0.1) is 0 Å². The van der Waals surface area contributed by atoms with E-state index in [9.17, 15) is 10.1 Å². The molecular formula is C20H25NO2. The number of hydrogen-bond donors (Lipinski definition) is 0. The van der Waals surface area contributed by atoms with Gasteiger partial charge < -0.3 is 4.74 Å². The van der Waals surface area contributed by atoms with Crippen LogP contribution in [-0.2, 0) is 9.53 Å². The molecule has 1 saturated carbocycles. The van der Waals surface area contributed by atoms with Crippen LogP contribution in [0.15, 0.2) is 35.9 Å². The van der Waals surface area contributed by atoms with Crippen molar-refractivity contribution in [1.82, 2.24) is 0 Å². The topological polar surface area (TPSA) is 50.1 Å². The third-order valence-corrected chi connectivity index (χ3v) is 4.62. The minimum atomic E-state index is -0.504. The van der Waals surface area contributed by atoms with Crippen molar-refractivity contribution >= 4 is 12.0 Å². The number of nitrogens with zero attached hydrogens (tertiary/aromatic N) is 1. The number of carbonyl (C=O) groups is 1. The molecule has 122 valence electrons. The fraction of sp³-hybridized carbons (Fsp3) is 0.500. The van der Waals surface area contributed by atoms with Gasteiger partial charge in [-0.15, -0.1) is 0 Å². The Bertz CT molecular complexity index is 597. The van der Waals surface area contributed by atoms with Gasteiger partial charge in [-0.2, -0.15) is 5.26 Å². The van der Waals surface area contributed by atoms with Crippen molar-refractivity contribution in [1.29, 1.82) is 5.26 Å². The first-order valence-electron chi connectivity index (χ1n) is 8.28. The van der Waals surface area contributed by atoms with Crippen LogP contribution >= 0.6 is 0 Å². The molecule has 0 saturated heterocycles. The van der Waals surface area contributed by atoms with Gasteiger partial charge in [0.25, 0.3) is 0 Å². The van der Waals surface area contributed by atoms with Gasteiger partial charge in [-0.1, -0.05) is 51.1 Å². The minimum Gasteiger partial charge on any atom is -0.458 e. The predicted molar refractivity (Wildman–Crippen MR) is 91.3 cm³/mol. The monoisotopic (exact) mass is 311 g/mol. The molecule has 0 unspecified atom stereocenters. The summed E-state index contributed by atoms with van der Waals surface area (Å²) in [7, 11) is 0. The first-order valence-corrected chi connectivity index (χ1v) is 8.28. The molecule has 0 spiro atoms. The second-order valence-electron chi connectivity index (χ2n) is 7.33. The summed E-state index contributed by atoms with van der Waals surface area (Å²) in [6.45, 7) is 6.79. The van der Waals surface area contributed by atoms with Crippen molar-refractivity contribution in [2.24, 2.45) is 11.3 Å². The first-order chi connectivity index (χ1) is 10.9. The lowest BCUT2D eigenvalue weighted by molar-refractivity contribution is -0.145. The molecular weight excluding hydrogens is 286 g/mol. The third-order valence-electron chi connectivity index (χ3n) is 4.62. The van der Waals surface area contributed by atoms with Gasteiger partial charge in [0, 0.05) is 0 Å². The van der Waals surface area contributed by atoms with Gasteiger partial charge in [-0.05, 0) is 48.7 Å². The van der Waals surface area contributed by atoms with Crippen molar-refractivity contribution in [2.45, 2.75) is 52.6 Å². The van der Waals surface area contributed by atoms with Gasteiger partial charge in [-0.25, -0.2) is 4.79 Å². The number of nitriles is 1. The Hall–Kier alpha value is -2.08. The van der Waals surface area contributed by atoms with Gasteiger partial charge >= 0.3 is 5.97 Å². The molecule has 2 rings (SSSR count). The average molecular weight is 311 g/mol. The Morgan fingerprint density at radius 3 is 2.30 bits per heavy atom. The fourth-order valence-corrected chi connectivity index (χ4v) is 3.11. The molecule has 0 aliphatic heterocycles. The fourth-order valence-electron chi connectivity index (χ4n) is 3.11. The molecule has 0 heterocycles. The van der Waals surface area contributed by atoms with Crippen LogP contribution in [0.25, 0.3) is 6.08 Å². The first kappa shape index (κ1) is 17.3. The summed E-state index contributed by atoms with van der Waals surface area (Å²) in [5.74, 6) is 0.170. The maximum atomic E-state index is 12.2. The standard InChI is InChI=1S/C20H25NO2/c1-20(2,3)17-9-11-18(12-10-17)23-19(22)16(14-21)13-15-7-5-4-6-8-15/h4-8,13,17-18H,9-12H2,1-3H3. The van der Waals surface area contributed by atoms with E-state index in [0.717, 1.165) is 31.2 Å². The van der Waals surface area contributed by atoms with Crippen LogP contribution in [0.1, 0.15) is 52.0 Å². The Kier molecular flexibility index (Phi) is 5.60. The molecule has 0 aromatic heterocycles. The molecule has 3 nitrogen and oxygen atoms in total. The number of carbonyl (C=O) groups excluding carboxylic acids is 1. The van der Waals surface area contributed by atoms with Crippen LogP contribution in [0.3, 0.4) is 0 Å². The Balaban J connectivity index is 1.94. The van der Waals surface area contributed by atoms with E-state index in [1.54, 1.807) is 6.08 Å². The molecule has 1 aromatic carbocycles. The molecule has 0 amide bonds. The van der Waals surface area contributed by atoms with Crippen molar-refractivity contribution in [2.75, 3.05) is 0 Å². The van der Waals surface area contributed by atoms with Crippen LogP contribution < -0.4 is 0 Å². The summed E-state index contributed by atoms with van der Waals surface area (Å²) in [6, 6.07) is 11.3. The molecule has 23 heavy (non-hydrogen) atoms. The zero-order valence-corrected chi connectivity index (χ0v) is 14.2. The van der Waals surface area contributed by atoms with E-state index in [4.69, 9.17) is 4.74 Å². The molecule has 1 aromatic rings. The highest BCUT2D eigenvalue weighted by molar-refractivity contribution is 5.97. The van der Waals surface area contributed by atoms with Gasteiger partial charge in [0.1, 0.15) is 17.7 Å². The van der Waals surface area contributed by atoms with Crippen LogP contribution in [0.2, 0.25) is 0 Å². The Morgan fingerprint density at radius 2 is 1.78 bits per heavy atom. The highest BCUT2D eigenvalue weighted by Gasteiger charge is 2.31. The normalized spacial score (nSPS) is 22.3. The van der Waals surface area contributed by atoms with Crippen LogP contribution in [0, 0.1) is 22.7 Å². The maximum absolute atomic E-state index is 12.2. The van der Waals surface area contributed by atoms with Gasteiger partial charge in [0.15, 0.2) is 0 Å². The minimum absolute atomic E-state index is 0.0615. The van der Waals surface area contributed by atoms with Crippen molar-refractivity contribution < 1.29 is 9.53 Å². The second kappa shape index (κ2) is 7.46. The quantitative estimate of drug-likeness (QED) is 0.460. The van der Waals surface area contributed by atoms with Crippen molar-refractivity contribution in [3.05, 3.63) is 41.5 Å². The Morgan fingerprint density at radius 1 is 1.17 bits per heavy atom. The van der Waals surface area contributed by atoms with Crippen LogP contribution in [-0.4, -0.2) is 12.1 Å². The average Bonchev–Trinajstić information content (AvgIpc) is 2.53. The van der Waals surface area contributed by atoms with E-state index in [1.165, 1.54) is 0 Å². The highest BCUT2D eigenvalue weighted by Crippen LogP contribution is 2.38. The molecule has 0 N–H and O–H groups in total. The maximum Gasteiger partial charge on any atom is 0.349 e. The van der Waals surface area contributed by atoms with Gasteiger partial charge in [0.2, 0.25) is 0 Å². The van der Waals surface area contributed by atoms with E-state index in [1.807, 2.05) is 36.4 Å². The second-order valence-corrected chi connectivity index (χ2v) is 7.33. The van der Waals surface area contributed by atoms with E-state index >= 15 is 0 Å². The van der Waals surface area contributed by atoms with E-state index in [-0.39, 0.29) is 11.7 Å². The SMILES string of the molecule is CC(C)(C)C1CCC(OC(=O)C(C#N)=Cc2ccccc2)CC1. The lowest BCUT2D eigenvalue weighted by Gasteiger charge is -2.36. The molecule has 0 bridgehead atoms. The van der Waals surface area contributed by atoms with E-state index in [2.05, 4.69) is 20.8 Å². The van der Waals surface area contributed by atoms with Crippen LogP contribution in [0.4, 0.5) is 0 Å². The molecule has 0 radical (unpaired) electrons. The van der Waals surface area contributed by atoms with Crippen LogP contribution in [0.5, 0.6) is 0 Å². The van der Waals surface area contributed by atoms with Gasteiger partial charge in [-0.3, -0.25) is 0 Å². The summed E-state index contributed by atoms with van der Waals surface area (Å²) in [4.78, 5) is 12.2. The molecule has 1 aliphatic rings. The predicted octanol–water partition coefficient (Wildman–Crippen LogP) is 4.74. The number of hydrogen-bond acceptors (Lipinski definition) is 3. The zero-order chi connectivity index (χ0) is 16.9. The molecule has 1 aliphatic carbocycles. The summed E-state index contributed by atoms with van der Waals surface area (Å²) in [6.07, 6.45) is 5.45. The molecule has 0 atom stereocenters. The molecule has 3 heteroatoms. The number of esters is 1. The van der Waals surface area contributed by atoms with E-state index < -0.39 is 5.97 Å². The van der Waals surface area contributed by atoms with E-state index in [0.29, 0.717) is 11.3 Å². The number of ether oxygens (including phenoxy) is 1. The largest absolute Gasteiger partial charge is 0.458 e. The zero-order valence-electron chi connectivity index (χ0n) is 14.2. The van der Waals surface area contributed by atoms with Crippen molar-refractivity contribution in [3.8, 4) is 6.07 Å². The Labute approximate surface area is 139 Å².